The molecular weight excluding hydrogens is 448 g/mol. The summed E-state index contributed by atoms with van der Waals surface area (Å²) in [5.74, 6) is -1.03. The van der Waals surface area contributed by atoms with Crippen LogP contribution in [0.4, 0.5) is 8.78 Å². The molecule has 0 aliphatic carbocycles. The first-order valence-electron chi connectivity index (χ1n) is 11.5. The Morgan fingerprint density at radius 2 is 1.69 bits per heavy atom. The second kappa shape index (κ2) is 8.61. The fourth-order valence-electron chi connectivity index (χ4n) is 4.56. The maximum absolute atomic E-state index is 14.6. The summed E-state index contributed by atoms with van der Waals surface area (Å²) >= 11 is 0. The molecule has 35 heavy (non-hydrogen) atoms. The van der Waals surface area contributed by atoms with Crippen molar-refractivity contribution < 1.29 is 13.6 Å². The Labute approximate surface area is 201 Å². The van der Waals surface area contributed by atoms with Gasteiger partial charge in [-0.15, -0.1) is 0 Å². The number of aromatic amines is 1. The van der Waals surface area contributed by atoms with E-state index in [0.29, 0.717) is 33.9 Å². The molecule has 1 atom stereocenters. The van der Waals surface area contributed by atoms with Crippen molar-refractivity contribution in [3.63, 3.8) is 0 Å². The first kappa shape index (κ1) is 22.7. The number of carbonyl (C=O) groups excluding carboxylic acids is 1. The number of halogens is 2. The quantitative estimate of drug-likeness (QED) is 0.325. The number of nitrogens with one attached hydrogen (secondary N) is 2. The number of aryl methyl sites for hydroxylation is 1. The molecule has 3 heterocycles. The summed E-state index contributed by atoms with van der Waals surface area (Å²) < 4.78 is 30.9. The number of hydrogen-bond acceptors (Lipinski definition) is 3. The van der Waals surface area contributed by atoms with Crippen molar-refractivity contribution in [2.75, 3.05) is 0 Å². The molecule has 0 saturated carbocycles. The van der Waals surface area contributed by atoms with Gasteiger partial charge in [0.25, 0.3) is 5.91 Å². The van der Waals surface area contributed by atoms with Crippen LogP contribution in [-0.4, -0.2) is 25.5 Å². The Morgan fingerprint density at radius 3 is 2.37 bits per heavy atom. The van der Waals surface area contributed by atoms with Gasteiger partial charge in [0.05, 0.1) is 45.1 Å². The summed E-state index contributed by atoms with van der Waals surface area (Å²) in [5.41, 5.74) is 4.10. The summed E-state index contributed by atoms with van der Waals surface area (Å²) in [6, 6.07) is 14.5. The van der Waals surface area contributed by atoms with Crippen LogP contribution in [0.1, 0.15) is 60.3 Å². The maximum atomic E-state index is 14.6. The van der Waals surface area contributed by atoms with E-state index in [1.807, 2.05) is 45.0 Å². The van der Waals surface area contributed by atoms with Gasteiger partial charge in [-0.25, -0.2) is 18.3 Å². The normalized spacial score (nSPS) is 12.5. The molecule has 2 aromatic carbocycles. The van der Waals surface area contributed by atoms with Crippen molar-refractivity contribution in [1.29, 1.82) is 0 Å². The standard InChI is InChI=1S/C27H25F2N5O/c1-14(2)25-17(27(35)30-16(4)26-31-20-10-5-6-11-21(20)32-26)12-13-22-23(15(3)33-34(22)25)24-18(28)8-7-9-19(24)29/h5-14,16H,1-4H3,(H,30,35)(H,31,32)/t16-/m0/s1. The fraction of sp³-hybridized carbons (Fsp3) is 0.222. The molecule has 0 aliphatic heterocycles. The second-order valence-electron chi connectivity index (χ2n) is 8.98. The monoisotopic (exact) mass is 473 g/mol. The predicted octanol–water partition coefficient (Wildman–Crippen LogP) is 6.08. The third kappa shape index (κ3) is 3.84. The van der Waals surface area contributed by atoms with Gasteiger partial charge in [-0.05, 0) is 56.2 Å². The lowest BCUT2D eigenvalue weighted by atomic mass is 9.99. The molecule has 8 heteroatoms. The van der Waals surface area contributed by atoms with Gasteiger partial charge in [0.15, 0.2) is 0 Å². The number of imidazole rings is 1. The Balaban J connectivity index is 1.56. The zero-order valence-electron chi connectivity index (χ0n) is 19.9. The van der Waals surface area contributed by atoms with Crippen LogP contribution < -0.4 is 5.32 Å². The van der Waals surface area contributed by atoms with Crippen LogP contribution in [0.5, 0.6) is 0 Å². The number of para-hydroxylation sites is 2. The molecule has 0 aliphatic rings. The van der Waals surface area contributed by atoms with Crippen molar-refractivity contribution in [3.05, 3.63) is 89.0 Å². The first-order chi connectivity index (χ1) is 16.8. The SMILES string of the molecule is Cc1nn2c(C(C)C)c(C(=O)N[C@@H](C)c3nc4ccccc4[nH]3)ccc2c1-c1c(F)cccc1F. The van der Waals surface area contributed by atoms with Crippen LogP contribution in [-0.2, 0) is 0 Å². The molecule has 6 nitrogen and oxygen atoms in total. The molecule has 178 valence electrons. The summed E-state index contributed by atoms with van der Waals surface area (Å²) in [7, 11) is 0. The third-order valence-corrected chi connectivity index (χ3v) is 6.18. The molecule has 2 N–H and O–H groups in total. The molecule has 5 aromatic rings. The van der Waals surface area contributed by atoms with E-state index in [1.165, 1.54) is 18.2 Å². The zero-order chi connectivity index (χ0) is 24.9. The smallest absolute Gasteiger partial charge is 0.253 e. The highest BCUT2D eigenvalue weighted by Gasteiger charge is 2.25. The Morgan fingerprint density at radius 1 is 0.971 bits per heavy atom. The van der Waals surface area contributed by atoms with Crippen LogP contribution in [0.25, 0.3) is 27.7 Å². The van der Waals surface area contributed by atoms with E-state index in [-0.39, 0.29) is 23.4 Å². The molecule has 0 saturated heterocycles. The topological polar surface area (TPSA) is 75.1 Å². The minimum Gasteiger partial charge on any atom is -0.342 e. The Hall–Kier alpha value is -4.07. The highest BCUT2D eigenvalue weighted by Crippen LogP contribution is 2.35. The van der Waals surface area contributed by atoms with Crippen LogP contribution in [0.3, 0.4) is 0 Å². The Kier molecular flexibility index (Phi) is 5.59. The van der Waals surface area contributed by atoms with Crippen LogP contribution >= 0.6 is 0 Å². The maximum Gasteiger partial charge on any atom is 0.253 e. The molecule has 1 amide bonds. The predicted molar refractivity (Wildman–Crippen MR) is 131 cm³/mol. The van der Waals surface area contributed by atoms with Gasteiger partial charge in [0.1, 0.15) is 17.5 Å². The number of amides is 1. The first-order valence-corrected chi connectivity index (χ1v) is 11.5. The Bertz CT molecular complexity index is 1530. The van der Waals surface area contributed by atoms with Crippen molar-refractivity contribution >= 4 is 22.5 Å². The van der Waals surface area contributed by atoms with Crippen molar-refractivity contribution in [2.45, 2.75) is 39.7 Å². The van der Waals surface area contributed by atoms with Gasteiger partial charge < -0.3 is 10.3 Å². The molecule has 0 radical (unpaired) electrons. The molecule has 0 spiro atoms. The van der Waals surface area contributed by atoms with Gasteiger partial charge in [-0.3, -0.25) is 4.79 Å². The average Bonchev–Trinajstić information content (AvgIpc) is 3.39. The number of benzene rings is 2. The summed E-state index contributed by atoms with van der Waals surface area (Å²) in [5, 5.41) is 7.60. The fourth-order valence-corrected chi connectivity index (χ4v) is 4.56. The number of carbonyl (C=O) groups is 1. The van der Waals surface area contributed by atoms with Gasteiger partial charge in [0, 0.05) is 5.56 Å². The number of H-pyrrole nitrogens is 1. The molecule has 3 aromatic heterocycles. The molecule has 0 unspecified atom stereocenters. The van der Waals surface area contributed by atoms with E-state index in [4.69, 9.17) is 0 Å². The van der Waals surface area contributed by atoms with Crippen LogP contribution in [0, 0.1) is 18.6 Å². The van der Waals surface area contributed by atoms with Crippen molar-refractivity contribution in [1.82, 2.24) is 24.9 Å². The second-order valence-corrected chi connectivity index (χ2v) is 8.98. The average molecular weight is 474 g/mol. The van der Waals surface area contributed by atoms with Crippen LogP contribution in [0.15, 0.2) is 54.6 Å². The van der Waals surface area contributed by atoms with E-state index in [0.717, 1.165) is 11.0 Å². The van der Waals surface area contributed by atoms with Gasteiger partial charge >= 0.3 is 0 Å². The summed E-state index contributed by atoms with van der Waals surface area (Å²) in [6.45, 7) is 7.48. The minimum absolute atomic E-state index is 0.0847. The van der Waals surface area contributed by atoms with E-state index in [1.54, 1.807) is 23.6 Å². The van der Waals surface area contributed by atoms with E-state index >= 15 is 0 Å². The number of pyridine rings is 1. The van der Waals surface area contributed by atoms with E-state index in [2.05, 4.69) is 20.4 Å². The molecule has 5 rings (SSSR count). The number of fused-ring (bicyclic) bond motifs is 2. The third-order valence-electron chi connectivity index (χ3n) is 6.18. The number of aromatic nitrogens is 4. The lowest BCUT2D eigenvalue weighted by Crippen LogP contribution is -2.29. The summed E-state index contributed by atoms with van der Waals surface area (Å²) in [6.07, 6.45) is 0. The lowest BCUT2D eigenvalue weighted by Gasteiger charge is -2.17. The molecular formula is C27H25F2N5O. The van der Waals surface area contributed by atoms with E-state index in [9.17, 15) is 13.6 Å². The zero-order valence-corrected chi connectivity index (χ0v) is 19.9. The molecule has 0 fully saturated rings. The highest BCUT2D eigenvalue weighted by molar-refractivity contribution is 5.97. The number of rotatable bonds is 5. The summed E-state index contributed by atoms with van der Waals surface area (Å²) in [4.78, 5) is 21.2. The largest absolute Gasteiger partial charge is 0.342 e. The molecule has 0 bridgehead atoms. The minimum atomic E-state index is -0.657. The van der Waals surface area contributed by atoms with Gasteiger partial charge in [-0.2, -0.15) is 5.10 Å². The number of nitrogens with zero attached hydrogens (tertiary/aromatic N) is 3. The number of hydrogen-bond donors (Lipinski definition) is 2. The lowest BCUT2D eigenvalue weighted by molar-refractivity contribution is 0.0936. The van der Waals surface area contributed by atoms with Crippen molar-refractivity contribution in [2.24, 2.45) is 0 Å². The van der Waals surface area contributed by atoms with E-state index < -0.39 is 11.6 Å². The van der Waals surface area contributed by atoms with Crippen molar-refractivity contribution in [3.8, 4) is 11.1 Å². The van der Waals surface area contributed by atoms with Gasteiger partial charge in [-0.1, -0.05) is 32.0 Å². The van der Waals surface area contributed by atoms with Gasteiger partial charge in [0.2, 0.25) is 0 Å². The highest BCUT2D eigenvalue weighted by atomic mass is 19.1. The van der Waals surface area contributed by atoms with Crippen LogP contribution in [0.2, 0.25) is 0 Å².